The molecule has 7 nitrogen and oxygen atoms in total. The zero-order chi connectivity index (χ0) is 19.4. The fourth-order valence-electron chi connectivity index (χ4n) is 3.05. The van der Waals surface area contributed by atoms with Gasteiger partial charge >= 0.3 is 5.97 Å². The van der Waals surface area contributed by atoms with Crippen LogP contribution in [0.1, 0.15) is 52.1 Å². The predicted octanol–water partition coefficient (Wildman–Crippen LogP) is 3.70. The first-order valence-electron chi connectivity index (χ1n) is 9.32. The van der Waals surface area contributed by atoms with Crippen LogP contribution in [-0.2, 0) is 9.53 Å². The molecule has 0 amide bonds. The molecule has 1 aromatic heterocycles. The van der Waals surface area contributed by atoms with Gasteiger partial charge in [-0.15, -0.1) is 0 Å². The van der Waals surface area contributed by atoms with Gasteiger partial charge in [-0.3, -0.25) is 0 Å². The van der Waals surface area contributed by atoms with Crippen molar-refractivity contribution in [3.8, 4) is 5.75 Å². The Morgan fingerprint density at radius 3 is 2.93 bits per heavy atom. The van der Waals surface area contributed by atoms with Crippen LogP contribution in [0.4, 0.5) is 5.95 Å². The average molecular weight is 370 g/mol. The van der Waals surface area contributed by atoms with Gasteiger partial charge in [0, 0.05) is 5.70 Å². The number of hydrogen-bond acceptors (Lipinski definition) is 6. The van der Waals surface area contributed by atoms with E-state index in [4.69, 9.17) is 9.47 Å². The zero-order valence-electron chi connectivity index (χ0n) is 16.2. The number of hydrogen-bond donors (Lipinski definition) is 1. The van der Waals surface area contributed by atoms with Gasteiger partial charge in [-0.1, -0.05) is 25.5 Å². The maximum Gasteiger partial charge on any atom is 0.338 e. The molecule has 1 N–H and O–H groups in total. The monoisotopic (exact) mass is 370 g/mol. The molecule has 2 aromatic rings. The molecular formula is C20H26N4O3. The van der Waals surface area contributed by atoms with Crippen LogP contribution in [0.3, 0.4) is 0 Å². The minimum atomic E-state index is -0.426. The van der Waals surface area contributed by atoms with Crippen molar-refractivity contribution in [1.29, 1.82) is 0 Å². The van der Waals surface area contributed by atoms with Crippen molar-refractivity contribution in [1.82, 2.24) is 14.8 Å². The van der Waals surface area contributed by atoms with Crippen molar-refractivity contribution in [3.63, 3.8) is 0 Å². The Labute approximate surface area is 159 Å². The van der Waals surface area contributed by atoms with Crippen LogP contribution in [-0.4, -0.2) is 33.4 Å². The number of benzene rings is 1. The number of nitrogens with one attached hydrogen (secondary N) is 1. The summed E-state index contributed by atoms with van der Waals surface area (Å²) in [6.45, 7) is 8.31. The zero-order valence-corrected chi connectivity index (χ0v) is 16.2. The number of fused-ring (bicyclic) bond motifs is 1. The summed E-state index contributed by atoms with van der Waals surface area (Å²) < 4.78 is 13.0. The molecule has 144 valence electrons. The number of ether oxygens (including phenoxy) is 2. The highest BCUT2D eigenvalue weighted by Crippen LogP contribution is 2.36. The Morgan fingerprint density at radius 2 is 2.19 bits per heavy atom. The summed E-state index contributed by atoms with van der Waals surface area (Å²) in [5, 5.41) is 7.46. The third kappa shape index (κ3) is 4.13. The van der Waals surface area contributed by atoms with E-state index in [2.05, 4.69) is 22.3 Å². The summed E-state index contributed by atoms with van der Waals surface area (Å²) in [5.41, 5.74) is 2.13. The van der Waals surface area contributed by atoms with E-state index in [9.17, 15) is 4.79 Å². The van der Waals surface area contributed by atoms with Crippen LogP contribution in [0.5, 0.6) is 5.75 Å². The molecule has 2 heterocycles. The van der Waals surface area contributed by atoms with Gasteiger partial charge in [-0.25, -0.2) is 9.48 Å². The number of rotatable bonds is 7. The van der Waals surface area contributed by atoms with E-state index in [1.54, 1.807) is 4.68 Å². The predicted molar refractivity (Wildman–Crippen MR) is 103 cm³/mol. The van der Waals surface area contributed by atoms with E-state index in [0.717, 1.165) is 24.2 Å². The van der Waals surface area contributed by atoms with Crippen molar-refractivity contribution < 1.29 is 14.3 Å². The number of carbonyl (C=O) groups is 1. The molecule has 0 bridgehead atoms. The molecule has 1 aliphatic rings. The van der Waals surface area contributed by atoms with E-state index >= 15 is 0 Å². The van der Waals surface area contributed by atoms with E-state index in [0.29, 0.717) is 23.8 Å². The number of anilines is 1. The van der Waals surface area contributed by atoms with E-state index in [1.165, 1.54) is 6.33 Å². The molecule has 1 aliphatic heterocycles. The quantitative estimate of drug-likeness (QED) is 0.591. The summed E-state index contributed by atoms with van der Waals surface area (Å²) in [7, 11) is 0. The van der Waals surface area contributed by atoms with Gasteiger partial charge < -0.3 is 14.8 Å². The second-order valence-corrected chi connectivity index (χ2v) is 6.82. The second kappa shape index (κ2) is 8.24. The molecule has 1 unspecified atom stereocenters. The Morgan fingerprint density at radius 1 is 1.37 bits per heavy atom. The third-order valence-corrected chi connectivity index (χ3v) is 4.30. The molecule has 0 fully saturated rings. The first-order valence-corrected chi connectivity index (χ1v) is 9.32. The number of unbranched alkanes of at least 4 members (excludes halogenated alkanes) is 1. The topological polar surface area (TPSA) is 78.3 Å². The number of nitrogens with zero attached hydrogens (tertiary/aromatic N) is 3. The van der Waals surface area contributed by atoms with Gasteiger partial charge in [0.05, 0.1) is 18.3 Å². The molecule has 7 heteroatoms. The summed E-state index contributed by atoms with van der Waals surface area (Å²) in [6.07, 6.45) is 3.33. The van der Waals surface area contributed by atoms with Gasteiger partial charge in [-0.05, 0) is 44.9 Å². The minimum absolute atomic E-state index is 0.209. The number of esters is 1. The molecule has 3 rings (SSSR count). The molecule has 27 heavy (non-hydrogen) atoms. The lowest BCUT2D eigenvalue weighted by Crippen LogP contribution is -2.30. The molecule has 1 atom stereocenters. The first kappa shape index (κ1) is 18.9. The molecule has 0 spiro atoms. The Kier molecular flexibility index (Phi) is 5.78. The fraction of sp³-hybridized carbons (Fsp3) is 0.450. The molecule has 0 radical (unpaired) electrons. The summed E-state index contributed by atoms with van der Waals surface area (Å²) in [6, 6.07) is 7.34. The normalized spacial score (nSPS) is 16.1. The van der Waals surface area contributed by atoms with Gasteiger partial charge in [-0.2, -0.15) is 10.1 Å². The maximum atomic E-state index is 12.8. The van der Waals surface area contributed by atoms with Crippen molar-refractivity contribution in [2.45, 2.75) is 52.7 Å². The smallest absolute Gasteiger partial charge is 0.338 e. The van der Waals surface area contributed by atoms with E-state index < -0.39 is 6.04 Å². The van der Waals surface area contributed by atoms with Gasteiger partial charge in [0.2, 0.25) is 5.95 Å². The van der Waals surface area contributed by atoms with E-state index in [1.807, 2.05) is 45.0 Å². The van der Waals surface area contributed by atoms with Crippen LogP contribution in [0, 0.1) is 0 Å². The third-order valence-electron chi connectivity index (χ3n) is 4.30. The molecule has 1 aromatic carbocycles. The Balaban J connectivity index is 2.00. The van der Waals surface area contributed by atoms with Crippen LogP contribution >= 0.6 is 0 Å². The van der Waals surface area contributed by atoms with E-state index in [-0.39, 0.29) is 12.1 Å². The maximum absolute atomic E-state index is 12.8. The van der Waals surface area contributed by atoms with Crippen molar-refractivity contribution in [3.05, 3.63) is 47.4 Å². The number of aromatic nitrogens is 3. The summed E-state index contributed by atoms with van der Waals surface area (Å²) in [5.74, 6) is 1.00. The highest BCUT2D eigenvalue weighted by molar-refractivity contribution is 5.92. The van der Waals surface area contributed by atoms with Crippen molar-refractivity contribution in [2.75, 3.05) is 11.9 Å². The fourth-order valence-corrected chi connectivity index (χ4v) is 3.05. The number of carbonyl (C=O) groups excluding carboxylic acids is 1. The van der Waals surface area contributed by atoms with Crippen LogP contribution < -0.4 is 10.1 Å². The lowest BCUT2D eigenvalue weighted by Gasteiger charge is -2.28. The summed E-state index contributed by atoms with van der Waals surface area (Å²) in [4.78, 5) is 17.1. The lowest BCUT2D eigenvalue weighted by molar-refractivity contribution is -0.143. The Hall–Kier alpha value is -2.83. The van der Waals surface area contributed by atoms with Crippen LogP contribution in [0.25, 0.3) is 0 Å². The number of allylic oxidation sites excluding steroid dienone is 1. The van der Waals surface area contributed by atoms with Crippen molar-refractivity contribution in [2.24, 2.45) is 0 Å². The lowest BCUT2D eigenvalue weighted by atomic mass is 9.95. The van der Waals surface area contributed by atoms with Crippen LogP contribution in [0.15, 0.2) is 41.9 Å². The highest BCUT2D eigenvalue weighted by Gasteiger charge is 2.34. The highest BCUT2D eigenvalue weighted by atomic mass is 16.5. The standard InChI is InChI=1S/C20H26N4O3/c1-5-6-10-26-16-9-7-8-15(11-16)18-17(19(25)27-13(2)3)14(4)23-20-21-12-22-24(18)20/h7-9,11-13,18H,5-6,10H2,1-4H3,(H,21,22,23). The summed E-state index contributed by atoms with van der Waals surface area (Å²) >= 11 is 0. The van der Waals surface area contributed by atoms with Crippen LogP contribution in [0.2, 0.25) is 0 Å². The molecular weight excluding hydrogens is 344 g/mol. The SMILES string of the molecule is CCCCOc1cccc(C2C(C(=O)OC(C)C)=C(C)Nc3ncnn32)c1. The molecule has 0 saturated carbocycles. The largest absolute Gasteiger partial charge is 0.494 e. The Bertz CT molecular complexity index is 841. The van der Waals surface area contributed by atoms with Gasteiger partial charge in [0.15, 0.2) is 0 Å². The molecule has 0 saturated heterocycles. The molecule has 0 aliphatic carbocycles. The second-order valence-electron chi connectivity index (χ2n) is 6.82. The average Bonchev–Trinajstić information content (AvgIpc) is 3.08. The minimum Gasteiger partial charge on any atom is -0.494 e. The van der Waals surface area contributed by atoms with Gasteiger partial charge in [0.1, 0.15) is 18.1 Å². The van der Waals surface area contributed by atoms with Crippen molar-refractivity contribution >= 4 is 11.9 Å². The van der Waals surface area contributed by atoms with Gasteiger partial charge in [0.25, 0.3) is 0 Å². The first-order chi connectivity index (χ1) is 13.0.